The van der Waals surface area contributed by atoms with Gasteiger partial charge in [0.15, 0.2) is 0 Å². The normalized spacial score (nSPS) is 11.5. The highest BCUT2D eigenvalue weighted by Crippen LogP contribution is 2.31. The topological polar surface area (TPSA) is 60.3 Å². The Bertz CT molecular complexity index is 1120. The van der Waals surface area contributed by atoms with Crippen LogP contribution in [-0.2, 0) is 17.5 Å². The number of carbonyl (C=O) groups excluding carboxylic acids is 1. The van der Waals surface area contributed by atoms with Crippen LogP contribution in [0.4, 0.5) is 18.9 Å². The van der Waals surface area contributed by atoms with Crippen LogP contribution in [0.1, 0.15) is 17.5 Å². The third kappa shape index (κ3) is 4.42. The third-order valence-corrected chi connectivity index (χ3v) is 4.56. The van der Waals surface area contributed by atoms with Gasteiger partial charge in [-0.3, -0.25) is 9.59 Å². The van der Waals surface area contributed by atoms with E-state index in [1.54, 1.807) is 6.07 Å². The number of fused-ring (bicyclic) bond motifs is 1. The maximum atomic E-state index is 12.8. The lowest BCUT2D eigenvalue weighted by atomic mass is 10.1. The molecule has 29 heavy (non-hydrogen) atoms. The zero-order valence-corrected chi connectivity index (χ0v) is 15.8. The second-order valence-corrected chi connectivity index (χ2v) is 6.55. The molecule has 0 fully saturated rings. The summed E-state index contributed by atoms with van der Waals surface area (Å²) in [6, 6.07) is 11.3. The van der Waals surface area contributed by atoms with Crippen LogP contribution < -0.4 is 15.6 Å². The Morgan fingerprint density at radius 2 is 1.86 bits per heavy atom. The van der Waals surface area contributed by atoms with Crippen molar-refractivity contribution in [2.45, 2.75) is 26.1 Å². The minimum absolute atomic E-state index is 0.0449. The van der Waals surface area contributed by atoms with Gasteiger partial charge >= 0.3 is 6.18 Å². The smallest absolute Gasteiger partial charge is 0.416 e. The van der Waals surface area contributed by atoms with E-state index in [2.05, 4.69) is 5.32 Å². The number of methoxy groups -OCH3 is 1. The number of rotatable bonds is 5. The Hall–Kier alpha value is -3.29. The molecule has 0 spiro atoms. The summed E-state index contributed by atoms with van der Waals surface area (Å²) in [5, 5.41) is 3.27. The number of alkyl halides is 3. The molecule has 0 atom stereocenters. The van der Waals surface area contributed by atoms with Crippen molar-refractivity contribution in [3.05, 3.63) is 70.0 Å². The van der Waals surface area contributed by atoms with Gasteiger partial charge in [0.1, 0.15) is 5.75 Å². The van der Waals surface area contributed by atoms with Crippen LogP contribution in [0.15, 0.2) is 53.3 Å². The van der Waals surface area contributed by atoms with Gasteiger partial charge in [-0.25, -0.2) is 0 Å². The predicted molar refractivity (Wildman–Crippen MR) is 104 cm³/mol. The first kappa shape index (κ1) is 20.4. The molecule has 0 radical (unpaired) electrons. The van der Waals surface area contributed by atoms with Gasteiger partial charge in [-0.2, -0.15) is 13.2 Å². The zero-order chi connectivity index (χ0) is 21.2. The average Bonchev–Trinajstić information content (AvgIpc) is 2.67. The first-order valence-corrected chi connectivity index (χ1v) is 8.85. The lowest BCUT2D eigenvalue weighted by Crippen LogP contribution is -2.24. The summed E-state index contributed by atoms with van der Waals surface area (Å²) in [7, 11) is 1.49. The van der Waals surface area contributed by atoms with Crippen LogP contribution in [0, 0.1) is 6.92 Å². The molecule has 0 unspecified atom stereocenters. The number of aromatic nitrogens is 1. The maximum absolute atomic E-state index is 12.8. The molecule has 1 amide bonds. The second kappa shape index (κ2) is 7.98. The number of anilines is 1. The van der Waals surface area contributed by atoms with E-state index < -0.39 is 17.6 Å². The fourth-order valence-electron chi connectivity index (χ4n) is 3.17. The quantitative estimate of drug-likeness (QED) is 0.687. The summed E-state index contributed by atoms with van der Waals surface area (Å²) in [4.78, 5) is 24.8. The van der Waals surface area contributed by atoms with E-state index in [1.165, 1.54) is 29.9 Å². The highest BCUT2D eigenvalue weighted by atomic mass is 19.4. The Morgan fingerprint density at radius 3 is 2.55 bits per heavy atom. The number of hydrogen-bond acceptors (Lipinski definition) is 3. The Labute approximate surface area is 164 Å². The highest BCUT2D eigenvalue weighted by Gasteiger charge is 2.30. The standard InChI is InChI=1S/C21H19F3N2O3/c1-13-11-19(28)26(20-16(13)7-4-8-17(20)29-2)10-9-18(27)25-15-6-3-5-14(12-15)21(22,23)24/h3-8,11-12H,9-10H2,1-2H3,(H,25,27). The number of aryl methyl sites for hydroxylation is 2. The number of pyridine rings is 1. The largest absolute Gasteiger partial charge is 0.495 e. The van der Waals surface area contributed by atoms with Gasteiger partial charge in [-0.05, 0) is 36.8 Å². The minimum Gasteiger partial charge on any atom is -0.495 e. The van der Waals surface area contributed by atoms with E-state index in [1.807, 2.05) is 19.1 Å². The number of nitrogens with zero attached hydrogens (tertiary/aromatic N) is 1. The molecular weight excluding hydrogens is 385 g/mol. The molecule has 0 saturated heterocycles. The van der Waals surface area contributed by atoms with Crippen LogP contribution in [-0.4, -0.2) is 17.6 Å². The number of benzene rings is 2. The summed E-state index contributed by atoms with van der Waals surface area (Å²) in [5.41, 5.74) is 0.274. The van der Waals surface area contributed by atoms with E-state index in [0.717, 1.165) is 23.1 Å². The van der Waals surface area contributed by atoms with Crippen LogP contribution in [0.3, 0.4) is 0 Å². The number of halogens is 3. The molecule has 0 aliphatic heterocycles. The van der Waals surface area contributed by atoms with Gasteiger partial charge in [0.2, 0.25) is 5.91 Å². The van der Waals surface area contributed by atoms with Crippen molar-refractivity contribution in [2.24, 2.45) is 0 Å². The minimum atomic E-state index is -4.49. The second-order valence-electron chi connectivity index (χ2n) is 6.55. The lowest BCUT2D eigenvalue weighted by Gasteiger charge is -2.15. The molecule has 0 aliphatic carbocycles. The van der Waals surface area contributed by atoms with Crippen molar-refractivity contribution in [1.82, 2.24) is 4.57 Å². The SMILES string of the molecule is COc1cccc2c(C)cc(=O)n(CCC(=O)Nc3cccc(C(F)(F)F)c3)c12. The predicted octanol–water partition coefficient (Wildman–Crippen LogP) is 4.37. The Morgan fingerprint density at radius 1 is 1.14 bits per heavy atom. The molecule has 3 aromatic rings. The fourth-order valence-corrected chi connectivity index (χ4v) is 3.17. The van der Waals surface area contributed by atoms with E-state index in [-0.39, 0.29) is 24.2 Å². The first-order valence-electron chi connectivity index (χ1n) is 8.85. The van der Waals surface area contributed by atoms with Gasteiger partial charge in [-0.15, -0.1) is 0 Å². The number of para-hydroxylation sites is 1. The average molecular weight is 404 g/mol. The highest BCUT2D eigenvalue weighted by molar-refractivity contribution is 5.91. The molecule has 1 N–H and O–H groups in total. The zero-order valence-electron chi connectivity index (χ0n) is 15.8. The molecule has 1 heterocycles. The third-order valence-electron chi connectivity index (χ3n) is 4.56. The molecule has 0 saturated carbocycles. The number of carbonyl (C=O) groups is 1. The maximum Gasteiger partial charge on any atom is 0.416 e. The van der Waals surface area contributed by atoms with Gasteiger partial charge in [-0.1, -0.05) is 18.2 Å². The number of hydrogen-bond donors (Lipinski definition) is 1. The molecule has 2 aromatic carbocycles. The summed E-state index contributed by atoms with van der Waals surface area (Å²) in [6.45, 7) is 1.87. The molecule has 3 rings (SSSR count). The molecule has 152 valence electrons. The fraction of sp³-hybridized carbons (Fsp3) is 0.238. The molecule has 1 aromatic heterocycles. The van der Waals surface area contributed by atoms with Crippen LogP contribution in [0.5, 0.6) is 5.75 Å². The van der Waals surface area contributed by atoms with Gasteiger partial charge in [0.05, 0.1) is 18.2 Å². The van der Waals surface area contributed by atoms with Crippen LogP contribution >= 0.6 is 0 Å². The van der Waals surface area contributed by atoms with Gasteiger partial charge in [0.25, 0.3) is 5.56 Å². The van der Waals surface area contributed by atoms with Crippen molar-refractivity contribution in [2.75, 3.05) is 12.4 Å². The molecule has 5 nitrogen and oxygen atoms in total. The van der Waals surface area contributed by atoms with Crippen molar-refractivity contribution in [3.8, 4) is 5.75 Å². The van der Waals surface area contributed by atoms with Crippen molar-refractivity contribution in [3.63, 3.8) is 0 Å². The summed E-state index contributed by atoms with van der Waals surface area (Å²) < 4.78 is 45.2. The van der Waals surface area contributed by atoms with Crippen LogP contribution in [0.25, 0.3) is 10.9 Å². The summed E-state index contributed by atoms with van der Waals surface area (Å²) in [5.74, 6) is 0.00133. The summed E-state index contributed by atoms with van der Waals surface area (Å²) >= 11 is 0. The monoisotopic (exact) mass is 404 g/mol. The van der Waals surface area contributed by atoms with Crippen molar-refractivity contribution >= 4 is 22.5 Å². The Kier molecular flexibility index (Phi) is 5.63. The Balaban J connectivity index is 1.83. The molecular formula is C21H19F3N2O3. The van der Waals surface area contributed by atoms with E-state index in [0.29, 0.717) is 11.3 Å². The van der Waals surface area contributed by atoms with Crippen molar-refractivity contribution < 1.29 is 22.7 Å². The van der Waals surface area contributed by atoms with Gasteiger partial charge in [0, 0.05) is 30.1 Å². The number of nitrogens with one attached hydrogen (secondary N) is 1. The molecule has 8 heteroatoms. The van der Waals surface area contributed by atoms with Crippen LogP contribution in [0.2, 0.25) is 0 Å². The molecule has 0 bridgehead atoms. The first-order chi connectivity index (χ1) is 13.7. The van der Waals surface area contributed by atoms with E-state index in [9.17, 15) is 22.8 Å². The van der Waals surface area contributed by atoms with Crippen molar-refractivity contribution in [1.29, 1.82) is 0 Å². The number of ether oxygens (including phenoxy) is 1. The van der Waals surface area contributed by atoms with Gasteiger partial charge < -0.3 is 14.6 Å². The molecule has 0 aliphatic rings. The van der Waals surface area contributed by atoms with E-state index >= 15 is 0 Å². The lowest BCUT2D eigenvalue weighted by molar-refractivity contribution is -0.137. The number of amides is 1. The van der Waals surface area contributed by atoms with E-state index in [4.69, 9.17) is 4.74 Å². The summed E-state index contributed by atoms with van der Waals surface area (Å²) in [6.07, 6.45) is -4.59.